The van der Waals surface area contributed by atoms with Gasteiger partial charge < -0.3 is 9.47 Å². The van der Waals surface area contributed by atoms with Crippen LogP contribution in [0.3, 0.4) is 0 Å². The molecule has 0 bridgehead atoms. The SMILES string of the molecule is COc1ccc(CC(=O)c2ccc(OC)cc2F)c(F)c1. The van der Waals surface area contributed by atoms with Crippen molar-refractivity contribution in [3.05, 3.63) is 59.2 Å². The van der Waals surface area contributed by atoms with Crippen molar-refractivity contribution in [1.82, 2.24) is 0 Å². The largest absolute Gasteiger partial charge is 0.497 e. The predicted octanol–water partition coefficient (Wildman–Crippen LogP) is 3.41. The maximum atomic E-state index is 13.8. The Hall–Kier alpha value is -2.43. The molecule has 0 aliphatic carbocycles. The van der Waals surface area contributed by atoms with Gasteiger partial charge in [-0.2, -0.15) is 0 Å². The van der Waals surface area contributed by atoms with Crippen molar-refractivity contribution in [2.45, 2.75) is 6.42 Å². The van der Waals surface area contributed by atoms with Gasteiger partial charge in [-0.05, 0) is 23.8 Å². The summed E-state index contributed by atoms with van der Waals surface area (Å²) in [6.45, 7) is 0. The van der Waals surface area contributed by atoms with Crippen LogP contribution < -0.4 is 9.47 Å². The Balaban J connectivity index is 2.22. The van der Waals surface area contributed by atoms with Crippen LogP contribution in [0.4, 0.5) is 8.78 Å². The normalized spacial score (nSPS) is 10.3. The van der Waals surface area contributed by atoms with Gasteiger partial charge in [-0.25, -0.2) is 8.78 Å². The van der Waals surface area contributed by atoms with Gasteiger partial charge in [0.05, 0.1) is 19.8 Å². The van der Waals surface area contributed by atoms with E-state index >= 15 is 0 Å². The summed E-state index contributed by atoms with van der Waals surface area (Å²) < 4.78 is 37.3. The van der Waals surface area contributed by atoms with Crippen LogP contribution in [0.5, 0.6) is 11.5 Å². The van der Waals surface area contributed by atoms with Gasteiger partial charge in [0, 0.05) is 18.6 Å². The van der Waals surface area contributed by atoms with E-state index in [2.05, 4.69) is 0 Å². The van der Waals surface area contributed by atoms with Crippen molar-refractivity contribution in [1.29, 1.82) is 0 Å². The highest BCUT2D eigenvalue weighted by molar-refractivity contribution is 5.97. The molecule has 2 rings (SSSR count). The molecule has 0 heterocycles. The number of rotatable bonds is 5. The van der Waals surface area contributed by atoms with Crippen LogP contribution >= 0.6 is 0 Å². The number of ketones is 1. The smallest absolute Gasteiger partial charge is 0.170 e. The molecule has 110 valence electrons. The van der Waals surface area contributed by atoms with Crippen LogP contribution in [0.2, 0.25) is 0 Å². The number of carbonyl (C=O) groups is 1. The zero-order valence-corrected chi connectivity index (χ0v) is 11.7. The summed E-state index contributed by atoms with van der Waals surface area (Å²) in [7, 11) is 2.83. The average molecular weight is 292 g/mol. The van der Waals surface area contributed by atoms with Gasteiger partial charge >= 0.3 is 0 Å². The van der Waals surface area contributed by atoms with Crippen LogP contribution in [0.15, 0.2) is 36.4 Å². The lowest BCUT2D eigenvalue weighted by molar-refractivity contribution is 0.0988. The van der Waals surface area contributed by atoms with Crippen molar-refractivity contribution < 1.29 is 23.0 Å². The van der Waals surface area contributed by atoms with E-state index in [0.717, 1.165) is 6.07 Å². The van der Waals surface area contributed by atoms with Gasteiger partial charge in [0.25, 0.3) is 0 Å². The lowest BCUT2D eigenvalue weighted by atomic mass is 10.0. The fourth-order valence-electron chi connectivity index (χ4n) is 1.92. The minimum absolute atomic E-state index is 0.0916. The zero-order chi connectivity index (χ0) is 15.4. The fraction of sp³-hybridized carbons (Fsp3) is 0.188. The molecule has 0 spiro atoms. The van der Waals surface area contributed by atoms with E-state index in [1.165, 1.54) is 38.5 Å². The van der Waals surface area contributed by atoms with E-state index in [4.69, 9.17) is 9.47 Å². The van der Waals surface area contributed by atoms with Crippen LogP contribution in [-0.4, -0.2) is 20.0 Å². The molecule has 0 saturated heterocycles. The first-order valence-corrected chi connectivity index (χ1v) is 6.24. The summed E-state index contributed by atoms with van der Waals surface area (Å²) in [4.78, 5) is 12.1. The Kier molecular flexibility index (Phi) is 4.52. The molecule has 2 aromatic rings. The third-order valence-electron chi connectivity index (χ3n) is 3.09. The first-order valence-electron chi connectivity index (χ1n) is 6.24. The molecule has 0 saturated carbocycles. The zero-order valence-electron chi connectivity index (χ0n) is 11.7. The Morgan fingerprint density at radius 2 is 1.52 bits per heavy atom. The molecule has 21 heavy (non-hydrogen) atoms. The lowest BCUT2D eigenvalue weighted by Gasteiger charge is -2.07. The van der Waals surface area contributed by atoms with Crippen LogP contribution in [0, 0.1) is 11.6 Å². The number of ether oxygens (including phenoxy) is 2. The number of carbonyl (C=O) groups excluding carboxylic acids is 1. The van der Waals surface area contributed by atoms with Crippen molar-refractivity contribution in [3.8, 4) is 11.5 Å². The topological polar surface area (TPSA) is 35.5 Å². The van der Waals surface area contributed by atoms with Gasteiger partial charge in [0.15, 0.2) is 5.78 Å². The summed E-state index contributed by atoms with van der Waals surface area (Å²) in [5, 5.41) is 0. The molecule has 0 N–H and O–H groups in total. The molecule has 0 aliphatic rings. The third kappa shape index (κ3) is 3.37. The molecule has 0 atom stereocenters. The molecule has 5 heteroatoms. The first kappa shape index (κ1) is 15.0. The second-order valence-corrected chi connectivity index (χ2v) is 4.40. The molecule has 0 aromatic heterocycles. The molecular formula is C16H14F2O3. The monoisotopic (exact) mass is 292 g/mol. The molecule has 0 amide bonds. The van der Waals surface area contributed by atoms with Gasteiger partial charge in [-0.15, -0.1) is 0 Å². The summed E-state index contributed by atoms with van der Waals surface area (Å²) >= 11 is 0. The van der Waals surface area contributed by atoms with Gasteiger partial charge in [0.2, 0.25) is 0 Å². The van der Waals surface area contributed by atoms with Crippen molar-refractivity contribution in [2.24, 2.45) is 0 Å². The van der Waals surface area contributed by atoms with Crippen LogP contribution in [-0.2, 0) is 6.42 Å². The standard InChI is InChI=1S/C16H14F2O3/c1-20-11-4-3-10(14(17)8-11)7-16(19)13-6-5-12(21-2)9-15(13)18/h3-6,8-9H,7H2,1-2H3. The predicted molar refractivity (Wildman–Crippen MR) is 73.9 cm³/mol. The molecule has 0 aliphatic heterocycles. The second kappa shape index (κ2) is 6.35. The van der Waals surface area contributed by atoms with Gasteiger partial charge in [0.1, 0.15) is 23.1 Å². The van der Waals surface area contributed by atoms with Crippen molar-refractivity contribution >= 4 is 5.78 Å². The van der Waals surface area contributed by atoms with E-state index < -0.39 is 17.4 Å². The Labute approximate surface area is 121 Å². The highest BCUT2D eigenvalue weighted by Crippen LogP contribution is 2.21. The van der Waals surface area contributed by atoms with Crippen molar-refractivity contribution in [3.63, 3.8) is 0 Å². The summed E-state index contributed by atoms with van der Waals surface area (Å²) in [6.07, 6.45) is -0.223. The third-order valence-corrected chi connectivity index (χ3v) is 3.09. The molecule has 0 unspecified atom stereocenters. The molecule has 0 fully saturated rings. The maximum Gasteiger partial charge on any atom is 0.170 e. The van der Waals surface area contributed by atoms with Crippen LogP contribution in [0.25, 0.3) is 0 Å². The van der Waals surface area contributed by atoms with E-state index in [1.807, 2.05) is 0 Å². The second-order valence-electron chi connectivity index (χ2n) is 4.40. The molecular weight excluding hydrogens is 278 g/mol. The quantitative estimate of drug-likeness (QED) is 0.792. The summed E-state index contributed by atoms with van der Waals surface area (Å²) in [6, 6.07) is 8.13. The minimum Gasteiger partial charge on any atom is -0.497 e. The number of hydrogen-bond acceptors (Lipinski definition) is 3. The highest BCUT2D eigenvalue weighted by atomic mass is 19.1. The molecule has 3 nitrogen and oxygen atoms in total. The van der Waals surface area contributed by atoms with E-state index in [-0.39, 0.29) is 17.5 Å². The molecule has 0 radical (unpaired) electrons. The average Bonchev–Trinajstić information content (AvgIpc) is 2.48. The Morgan fingerprint density at radius 1 is 0.952 bits per heavy atom. The Morgan fingerprint density at radius 3 is 2.05 bits per heavy atom. The number of Topliss-reactive ketones (excluding diaryl/α,β-unsaturated/α-hetero) is 1. The van der Waals surface area contributed by atoms with Crippen molar-refractivity contribution in [2.75, 3.05) is 14.2 Å². The Bertz CT molecular complexity index is 669. The van der Waals surface area contributed by atoms with Gasteiger partial charge in [-0.1, -0.05) is 6.07 Å². The van der Waals surface area contributed by atoms with Crippen LogP contribution in [0.1, 0.15) is 15.9 Å². The number of halogens is 2. The van der Waals surface area contributed by atoms with E-state index in [0.29, 0.717) is 11.5 Å². The van der Waals surface area contributed by atoms with E-state index in [9.17, 15) is 13.6 Å². The van der Waals surface area contributed by atoms with E-state index in [1.54, 1.807) is 6.07 Å². The maximum absolute atomic E-state index is 13.8. The fourth-order valence-corrected chi connectivity index (χ4v) is 1.92. The number of benzene rings is 2. The summed E-state index contributed by atoms with van der Waals surface area (Å²) in [5.74, 6) is -1.07. The number of methoxy groups -OCH3 is 2. The lowest BCUT2D eigenvalue weighted by Crippen LogP contribution is -2.08. The van der Waals surface area contributed by atoms with Gasteiger partial charge in [-0.3, -0.25) is 4.79 Å². The highest BCUT2D eigenvalue weighted by Gasteiger charge is 2.15. The summed E-state index contributed by atoms with van der Waals surface area (Å²) in [5.41, 5.74) is 0.0991. The molecule has 2 aromatic carbocycles. The minimum atomic E-state index is -0.687. The first-order chi connectivity index (χ1) is 10.0. The number of hydrogen-bond donors (Lipinski definition) is 0.